The van der Waals surface area contributed by atoms with Crippen LogP contribution in [-0.2, 0) is 22.7 Å². The topological polar surface area (TPSA) is 68.6 Å². The number of hydrogen-bond acceptors (Lipinski definition) is 6. The highest BCUT2D eigenvalue weighted by Crippen LogP contribution is 2.29. The monoisotopic (exact) mass is 444 g/mol. The van der Waals surface area contributed by atoms with Gasteiger partial charge in [0.05, 0.1) is 23.9 Å². The van der Waals surface area contributed by atoms with Gasteiger partial charge in [0, 0.05) is 39.2 Å². The van der Waals surface area contributed by atoms with Crippen molar-refractivity contribution in [1.29, 1.82) is 0 Å². The molecule has 1 aromatic heterocycles. The van der Waals surface area contributed by atoms with E-state index in [0.717, 1.165) is 41.7 Å². The third-order valence-electron chi connectivity index (χ3n) is 6.65. The minimum absolute atomic E-state index is 0.325. The van der Waals surface area contributed by atoms with E-state index in [1.54, 1.807) is 0 Å². The minimum atomic E-state index is -1.14. The van der Waals surface area contributed by atoms with Gasteiger partial charge in [0.1, 0.15) is 6.73 Å². The van der Waals surface area contributed by atoms with Crippen LogP contribution in [0.2, 0.25) is 25.7 Å². The van der Waals surface area contributed by atoms with E-state index in [1.165, 1.54) is 33.0 Å². The average Bonchev–Trinajstić information content (AvgIpc) is 3.13. The zero-order valence-corrected chi connectivity index (χ0v) is 20.3. The van der Waals surface area contributed by atoms with Gasteiger partial charge in [-0.2, -0.15) is 5.10 Å². The smallest absolute Gasteiger partial charge is 0.338 e. The lowest BCUT2D eigenvalue weighted by atomic mass is 9.84. The summed E-state index contributed by atoms with van der Waals surface area (Å²) in [5, 5.41) is 9.48. The Bertz CT molecular complexity index is 915. The average molecular weight is 445 g/mol. The van der Waals surface area contributed by atoms with Gasteiger partial charge in [0.25, 0.3) is 0 Å². The van der Waals surface area contributed by atoms with Crippen LogP contribution >= 0.6 is 0 Å². The van der Waals surface area contributed by atoms with Gasteiger partial charge in [-0.3, -0.25) is 0 Å². The molecular weight excluding hydrogens is 408 g/mol. The molecule has 1 N–H and O–H groups in total. The Kier molecular flexibility index (Phi) is 6.81. The largest absolute Gasteiger partial charge is 0.465 e. The first kappa shape index (κ1) is 22.5. The number of aromatic nitrogens is 2. The number of ether oxygens (including phenoxy) is 2. The molecule has 0 saturated carbocycles. The number of benzene rings is 1. The van der Waals surface area contributed by atoms with E-state index < -0.39 is 8.07 Å². The second-order valence-corrected chi connectivity index (χ2v) is 15.7. The molecule has 2 aromatic rings. The molecule has 0 amide bonds. The molecule has 170 valence electrons. The second-order valence-electron chi connectivity index (χ2n) is 10.1. The maximum absolute atomic E-state index is 12.5. The molecule has 0 spiro atoms. The Morgan fingerprint density at radius 2 is 2.03 bits per heavy atom. The number of piperidine rings is 3. The number of hydrogen-bond donors (Lipinski definition) is 1. The van der Waals surface area contributed by atoms with Crippen molar-refractivity contribution in [2.24, 2.45) is 5.92 Å². The van der Waals surface area contributed by atoms with Crippen LogP contribution in [0.25, 0.3) is 10.9 Å². The van der Waals surface area contributed by atoms with Crippen molar-refractivity contribution in [2.75, 3.05) is 33.4 Å². The molecule has 0 aliphatic carbocycles. The van der Waals surface area contributed by atoms with Gasteiger partial charge >= 0.3 is 5.97 Å². The van der Waals surface area contributed by atoms with Gasteiger partial charge in [-0.25, -0.2) is 9.48 Å². The molecule has 3 aliphatic rings. The van der Waals surface area contributed by atoms with E-state index in [0.29, 0.717) is 24.9 Å². The van der Waals surface area contributed by atoms with Crippen LogP contribution in [0.1, 0.15) is 28.9 Å². The van der Waals surface area contributed by atoms with E-state index in [4.69, 9.17) is 14.6 Å². The number of nitrogens with one attached hydrogen (secondary N) is 1. The van der Waals surface area contributed by atoms with Crippen molar-refractivity contribution in [1.82, 2.24) is 20.0 Å². The van der Waals surface area contributed by atoms with Gasteiger partial charge < -0.3 is 19.7 Å². The Morgan fingerprint density at radius 3 is 2.68 bits per heavy atom. The first-order chi connectivity index (χ1) is 14.9. The van der Waals surface area contributed by atoms with E-state index >= 15 is 0 Å². The molecule has 1 aromatic carbocycles. The van der Waals surface area contributed by atoms with E-state index in [-0.39, 0.29) is 5.97 Å². The summed E-state index contributed by atoms with van der Waals surface area (Å²) in [6.45, 7) is 12.4. The van der Waals surface area contributed by atoms with Crippen molar-refractivity contribution >= 4 is 24.9 Å². The standard InChI is InChI=1S/C23H36N4O3Si/c1-29-23(28)18-6-5-7-21-22(18)19(25-27(21)16-30-12-13-31(2,3)4)14-24-20-15-26-10-8-17(20)9-11-26/h5-7,17,20,24H,8-16H2,1-4H3. The fraction of sp³-hybridized carbons (Fsp3) is 0.652. The molecule has 4 heterocycles. The summed E-state index contributed by atoms with van der Waals surface area (Å²) in [4.78, 5) is 15.0. The Hall–Kier alpha value is -1.74. The lowest BCUT2D eigenvalue weighted by molar-refractivity contribution is 0.0602. The molecule has 0 radical (unpaired) electrons. The maximum atomic E-state index is 12.5. The molecule has 1 unspecified atom stereocenters. The highest BCUT2D eigenvalue weighted by atomic mass is 28.3. The Labute approximate surface area is 186 Å². The molecule has 3 aliphatic heterocycles. The van der Waals surface area contributed by atoms with Crippen molar-refractivity contribution in [3.8, 4) is 0 Å². The van der Waals surface area contributed by atoms with E-state index in [2.05, 4.69) is 29.9 Å². The van der Waals surface area contributed by atoms with E-state index in [9.17, 15) is 4.79 Å². The van der Waals surface area contributed by atoms with Gasteiger partial charge in [0.15, 0.2) is 0 Å². The SMILES string of the molecule is COC(=O)c1cccc2c1c(CNC1CN3CCC1CC3)nn2COCC[Si](C)(C)C. The molecule has 8 heteroatoms. The minimum Gasteiger partial charge on any atom is -0.465 e. The molecule has 5 rings (SSSR count). The maximum Gasteiger partial charge on any atom is 0.338 e. The van der Waals surface area contributed by atoms with Gasteiger partial charge in [-0.1, -0.05) is 25.7 Å². The zero-order chi connectivity index (χ0) is 22.0. The fourth-order valence-electron chi connectivity index (χ4n) is 4.76. The summed E-state index contributed by atoms with van der Waals surface area (Å²) in [5.41, 5.74) is 2.38. The lowest BCUT2D eigenvalue weighted by Crippen LogP contribution is -2.55. The number of methoxy groups -OCH3 is 1. The molecule has 31 heavy (non-hydrogen) atoms. The van der Waals surface area contributed by atoms with Crippen molar-refractivity contribution in [2.45, 2.75) is 57.8 Å². The third kappa shape index (κ3) is 5.19. The van der Waals surface area contributed by atoms with Crippen molar-refractivity contribution < 1.29 is 14.3 Å². The number of rotatable bonds is 9. The fourth-order valence-corrected chi connectivity index (χ4v) is 5.52. The molecule has 7 nitrogen and oxygen atoms in total. The Balaban J connectivity index is 1.54. The van der Waals surface area contributed by atoms with Crippen LogP contribution in [0.3, 0.4) is 0 Å². The Morgan fingerprint density at radius 1 is 1.26 bits per heavy atom. The molecule has 3 saturated heterocycles. The summed E-state index contributed by atoms with van der Waals surface area (Å²) in [5.74, 6) is 0.414. The van der Waals surface area contributed by atoms with Crippen LogP contribution in [0, 0.1) is 5.92 Å². The van der Waals surface area contributed by atoms with Crippen LogP contribution in [-0.4, -0.2) is 68.1 Å². The highest BCUT2D eigenvalue weighted by molar-refractivity contribution is 6.76. The zero-order valence-electron chi connectivity index (χ0n) is 19.3. The first-order valence-electron chi connectivity index (χ1n) is 11.5. The first-order valence-corrected chi connectivity index (χ1v) is 15.2. The highest BCUT2D eigenvalue weighted by Gasteiger charge is 2.34. The number of carbonyl (C=O) groups excluding carboxylic acids is 1. The van der Waals surface area contributed by atoms with Crippen LogP contribution < -0.4 is 5.32 Å². The van der Waals surface area contributed by atoms with Crippen molar-refractivity contribution in [3.05, 3.63) is 29.5 Å². The normalized spacial score (nSPS) is 23.4. The van der Waals surface area contributed by atoms with Crippen LogP contribution in [0.5, 0.6) is 0 Å². The predicted molar refractivity (Wildman–Crippen MR) is 125 cm³/mol. The van der Waals surface area contributed by atoms with E-state index in [1.807, 2.05) is 22.9 Å². The summed E-state index contributed by atoms with van der Waals surface area (Å²) >= 11 is 0. The summed E-state index contributed by atoms with van der Waals surface area (Å²) in [7, 11) is 0.286. The molecular formula is C23H36N4O3Si. The van der Waals surface area contributed by atoms with Gasteiger partial charge in [-0.05, 0) is 50.0 Å². The van der Waals surface area contributed by atoms with Gasteiger partial charge in [0.2, 0.25) is 0 Å². The molecule has 2 bridgehead atoms. The van der Waals surface area contributed by atoms with Crippen molar-refractivity contribution in [3.63, 3.8) is 0 Å². The number of carbonyl (C=O) groups is 1. The predicted octanol–water partition coefficient (Wildman–Crippen LogP) is 3.32. The second kappa shape index (κ2) is 9.40. The van der Waals surface area contributed by atoms with Crippen LogP contribution in [0.4, 0.5) is 0 Å². The summed E-state index contributed by atoms with van der Waals surface area (Å²) in [6.07, 6.45) is 2.54. The summed E-state index contributed by atoms with van der Waals surface area (Å²) in [6, 6.07) is 7.33. The quantitative estimate of drug-likeness (QED) is 0.364. The number of fused-ring (bicyclic) bond motifs is 4. The number of nitrogens with zero attached hydrogens (tertiary/aromatic N) is 3. The lowest BCUT2D eigenvalue weighted by Gasteiger charge is -2.45. The van der Waals surface area contributed by atoms with Gasteiger partial charge in [-0.15, -0.1) is 0 Å². The summed E-state index contributed by atoms with van der Waals surface area (Å²) < 4.78 is 12.9. The molecule has 3 fully saturated rings. The number of esters is 1. The molecule has 1 atom stereocenters. The third-order valence-corrected chi connectivity index (χ3v) is 8.36. The van der Waals surface area contributed by atoms with Crippen LogP contribution in [0.15, 0.2) is 18.2 Å².